The van der Waals surface area contributed by atoms with E-state index in [9.17, 15) is 4.79 Å². The number of urea groups is 1. The summed E-state index contributed by atoms with van der Waals surface area (Å²) in [7, 11) is 0. The van der Waals surface area contributed by atoms with Crippen LogP contribution in [0.2, 0.25) is 5.02 Å². The largest absolute Gasteiger partial charge is 0.372 e. The van der Waals surface area contributed by atoms with Crippen LogP contribution in [0.5, 0.6) is 0 Å². The maximum atomic E-state index is 12.8. The van der Waals surface area contributed by atoms with Gasteiger partial charge in [-0.3, -0.25) is 4.98 Å². The molecule has 3 rings (SSSR count). The summed E-state index contributed by atoms with van der Waals surface area (Å²) < 4.78 is 5.69. The summed E-state index contributed by atoms with van der Waals surface area (Å²) in [6, 6.07) is 11.0. The SMILES string of the molecule is CC1(C)CN(C(=O)N[C@H](c2ccncc2)c2ccc(Cl)cc2)CCO1. The minimum Gasteiger partial charge on any atom is -0.372 e. The average Bonchev–Trinajstić information content (AvgIpc) is 2.60. The molecule has 5 nitrogen and oxygen atoms in total. The van der Waals surface area contributed by atoms with Gasteiger partial charge in [0, 0.05) is 24.0 Å². The molecule has 2 amide bonds. The molecule has 1 atom stereocenters. The highest BCUT2D eigenvalue weighted by molar-refractivity contribution is 6.30. The fraction of sp³-hybridized carbons (Fsp3) is 0.368. The number of nitrogens with zero attached hydrogens (tertiary/aromatic N) is 2. The molecule has 1 N–H and O–H groups in total. The molecule has 0 spiro atoms. The van der Waals surface area contributed by atoms with Crippen LogP contribution in [-0.4, -0.2) is 41.2 Å². The summed E-state index contributed by atoms with van der Waals surface area (Å²) in [5, 5.41) is 3.80. The fourth-order valence-corrected chi connectivity index (χ4v) is 3.10. The van der Waals surface area contributed by atoms with Gasteiger partial charge in [-0.05, 0) is 49.2 Å². The molecule has 25 heavy (non-hydrogen) atoms. The lowest BCUT2D eigenvalue weighted by atomic mass is 10.00. The molecule has 0 unspecified atom stereocenters. The van der Waals surface area contributed by atoms with Gasteiger partial charge < -0.3 is 15.0 Å². The summed E-state index contributed by atoms with van der Waals surface area (Å²) in [4.78, 5) is 18.7. The Bertz CT molecular complexity index is 719. The van der Waals surface area contributed by atoms with E-state index in [0.29, 0.717) is 24.7 Å². The number of rotatable bonds is 3. The van der Waals surface area contributed by atoms with Gasteiger partial charge in [-0.1, -0.05) is 23.7 Å². The number of halogens is 1. The molecular formula is C19H22ClN3O2. The van der Waals surface area contributed by atoms with E-state index >= 15 is 0 Å². The van der Waals surface area contributed by atoms with Gasteiger partial charge in [-0.15, -0.1) is 0 Å². The van der Waals surface area contributed by atoms with E-state index in [-0.39, 0.29) is 17.7 Å². The van der Waals surface area contributed by atoms with Crippen molar-refractivity contribution in [3.63, 3.8) is 0 Å². The Morgan fingerprint density at radius 1 is 1.20 bits per heavy atom. The van der Waals surface area contributed by atoms with Gasteiger partial charge >= 0.3 is 6.03 Å². The monoisotopic (exact) mass is 359 g/mol. The molecule has 2 aromatic rings. The minimum absolute atomic E-state index is 0.104. The smallest absolute Gasteiger partial charge is 0.318 e. The number of nitrogens with one attached hydrogen (secondary N) is 1. The van der Waals surface area contributed by atoms with Crippen LogP contribution >= 0.6 is 11.6 Å². The van der Waals surface area contributed by atoms with Crippen molar-refractivity contribution in [2.75, 3.05) is 19.7 Å². The first-order valence-corrected chi connectivity index (χ1v) is 8.67. The molecule has 0 saturated carbocycles. The summed E-state index contributed by atoms with van der Waals surface area (Å²) in [5.41, 5.74) is 1.61. The Kier molecular flexibility index (Phi) is 5.25. The first-order chi connectivity index (χ1) is 11.9. The van der Waals surface area contributed by atoms with Crippen molar-refractivity contribution in [2.45, 2.75) is 25.5 Å². The van der Waals surface area contributed by atoms with Crippen LogP contribution in [0.4, 0.5) is 4.79 Å². The van der Waals surface area contributed by atoms with E-state index in [1.54, 1.807) is 17.3 Å². The van der Waals surface area contributed by atoms with Crippen LogP contribution in [0.15, 0.2) is 48.8 Å². The highest BCUT2D eigenvalue weighted by atomic mass is 35.5. The Morgan fingerprint density at radius 3 is 2.48 bits per heavy atom. The van der Waals surface area contributed by atoms with E-state index < -0.39 is 0 Å². The van der Waals surface area contributed by atoms with Crippen LogP contribution < -0.4 is 5.32 Å². The number of aromatic nitrogens is 1. The number of ether oxygens (including phenoxy) is 1. The number of pyridine rings is 1. The first-order valence-electron chi connectivity index (χ1n) is 8.29. The molecule has 0 radical (unpaired) electrons. The van der Waals surface area contributed by atoms with Gasteiger partial charge in [0.05, 0.1) is 24.8 Å². The summed E-state index contributed by atoms with van der Waals surface area (Å²) >= 11 is 6.00. The highest BCUT2D eigenvalue weighted by Crippen LogP contribution is 2.24. The molecule has 1 aliphatic heterocycles. The molecule has 1 saturated heterocycles. The zero-order valence-electron chi connectivity index (χ0n) is 14.4. The van der Waals surface area contributed by atoms with E-state index in [2.05, 4.69) is 10.3 Å². The van der Waals surface area contributed by atoms with Crippen molar-refractivity contribution >= 4 is 17.6 Å². The summed E-state index contributed by atoms with van der Waals surface area (Å²) in [6.07, 6.45) is 3.45. The van der Waals surface area contributed by atoms with Crippen LogP contribution in [0.25, 0.3) is 0 Å². The van der Waals surface area contributed by atoms with Crippen molar-refractivity contribution < 1.29 is 9.53 Å². The van der Waals surface area contributed by atoms with E-state index in [4.69, 9.17) is 16.3 Å². The van der Waals surface area contributed by atoms with Gasteiger partial charge in [0.25, 0.3) is 0 Å². The molecule has 0 bridgehead atoms. The molecular weight excluding hydrogens is 338 g/mol. The van der Waals surface area contributed by atoms with Crippen LogP contribution in [-0.2, 0) is 4.74 Å². The number of hydrogen-bond donors (Lipinski definition) is 1. The van der Waals surface area contributed by atoms with Gasteiger partial charge in [0.2, 0.25) is 0 Å². The molecule has 1 aromatic carbocycles. The molecule has 132 valence electrons. The lowest BCUT2D eigenvalue weighted by Gasteiger charge is -2.38. The zero-order valence-corrected chi connectivity index (χ0v) is 15.2. The molecule has 1 fully saturated rings. The summed E-state index contributed by atoms with van der Waals surface area (Å²) in [6.45, 7) is 5.67. The third-order valence-electron chi connectivity index (χ3n) is 4.22. The number of carbonyl (C=O) groups is 1. The second kappa shape index (κ2) is 7.42. The molecule has 0 aliphatic carbocycles. The van der Waals surface area contributed by atoms with Crippen LogP contribution in [0.3, 0.4) is 0 Å². The molecule has 6 heteroatoms. The predicted octanol–water partition coefficient (Wildman–Crippen LogP) is 3.64. The third kappa shape index (κ3) is 4.50. The number of morpholine rings is 1. The second-order valence-electron chi connectivity index (χ2n) is 6.74. The van der Waals surface area contributed by atoms with Gasteiger partial charge in [-0.25, -0.2) is 4.79 Å². The van der Waals surface area contributed by atoms with Crippen molar-refractivity contribution in [2.24, 2.45) is 0 Å². The van der Waals surface area contributed by atoms with Crippen molar-refractivity contribution in [1.82, 2.24) is 15.2 Å². The van der Waals surface area contributed by atoms with Crippen LogP contribution in [0.1, 0.15) is 31.0 Å². The Hall–Kier alpha value is -2.11. The van der Waals surface area contributed by atoms with Crippen LogP contribution in [0, 0.1) is 0 Å². The van der Waals surface area contributed by atoms with Gasteiger partial charge in [-0.2, -0.15) is 0 Å². The third-order valence-corrected chi connectivity index (χ3v) is 4.48. The molecule has 1 aliphatic rings. The number of carbonyl (C=O) groups excluding carboxylic acids is 1. The maximum Gasteiger partial charge on any atom is 0.318 e. The summed E-state index contributed by atoms with van der Waals surface area (Å²) in [5.74, 6) is 0. The van der Waals surface area contributed by atoms with Gasteiger partial charge in [0.1, 0.15) is 0 Å². The molecule has 2 heterocycles. The lowest BCUT2D eigenvalue weighted by Crippen LogP contribution is -2.54. The average molecular weight is 360 g/mol. The predicted molar refractivity (Wildman–Crippen MR) is 97.7 cm³/mol. The van der Waals surface area contributed by atoms with E-state index in [0.717, 1.165) is 11.1 Å². The topological polar surface area (TPSA) is 54.5 Å². The van der Waals surface area contributed by atoms with E-state index in [1.165, 1.54) is 0 Å². The number of hydrogen-bond acceptors (Lipinski definition) is 3. The fourth-order valence-electron chi connectivity index (χ4n) is 2.97. The van der Waals surface area contributed by atoms with Crippen molar-refractivity contribution in [1.29, 1.82) is 0 Å². The number of amides is 2. The first kappa shape index (κ1) is 17.7. The van der Waals surface area contributed by atoms with Crippen molar-refractivity contribution in [3.05, 3.63) is 64.9 Å². The maximum absolute atomic E-state index is 12.8. The Labute approximate surface area is 153 Å². The standard InChI is InChI=1S/C19H22ClN3O2/c1-19(2)13-23(11-12-25-19)18(24)22-17(15-7-9-21-10-8-15)14-3-5-16(20)6-4-14/h3-10,17H,11-13H2,1-2H3,(H,22,24)/t17-/m0/s1. The normalized spacial score (nSPS) is 17.8. The highest BCUT2D eigenvalue weighted by Gasteiger charge is 2.31. The molecule has 1 aromatic heterocycles. The zero-order chi connectivity index (χ0) is 17.9. The second-order valence-corrected chi connectivity index (χ2v) is 7.18. The van der Waals surface area contributed by atoms with Crippen molar-refractivity contribution in [3.8, 4) is 0 Å². The number of benzene rings is 1. The van der Waals surface area contributed by atoms with Gasteiger partial charge in [0.15, 0.2) is 0 Å². The minimum atomic E-state index is -0.331. The lowest BCUT2D eigenvalue weighted by molar-refractivity contribution is -0.0734. The van der Waals surface area contributed by atoms with E-state index in [1.807, 2.05) is 50.2 Å². The Morgan fingerprint density at radius 2 is 1.84 bits per heavy atom. The quantitative estimate of drug-likeness (QED) is 0.910. The Balaban J connectivity index is 1.82.